The molecule has 0 amide bonds. The van der Waals surface area contributed by atoms with Gasteiger partial charge in [-0.1, -0.05) is 13.8 Å². The van der Waals surface area contributed by atoms with Gasteiger partial charge in [-0.05, 0) is 36.6 Å². The topological polar surface area (TPSA) is 63.4 Å². The molecule has 0 unspecified atom stereocenters. The van der Waals surface area contributed by atoms with E-state index in [1.165, 1.54) is 11.3 Å². The summed E-state index contributed by atoms with van der Waals surface area (Å²) in [5, 5.41) is 1.81. The van der Waals surface area contributed by atoms with Crippen LogP contribution in [0.4, 0.5) is 0 Å². The van der Waals surface area contributed by atoms with Gasteiger partial charge in [0, 0.05) is 24.0 Å². The van der Waals surface area contributed by atoms with Crippen molar-refractivity contribution < 1.29 is 8.42 Å². The highest BCUT2D eigenvalue weighted by Crippen LogP contribution is 2.34. The summed E-state index contributed by atoms with van der Waals surface area (Å²) in [6.45, 7) is 5.14. The first-order valence-electron chi connectivity index (χ1n) is 6.75. The molecule has 0 bridgehead atoms. The first-order chi connectivity index (χ1) is 8.96. The Morgan fingerprint density at radius 2 is 2.16 bits per heavy atom. The molecule has 1 aliphatic rings. The summed E-state index contributed by atoms with van der Waals surface area (Å²) in [6, 6.07) is 1.89. The molecule has 1 aliphatic carbocycles. The summed E-state index contributed by atoms with van der Waals surface area (Å²) in [7, 11) is -3.37. The summed E-state index contributed by atoms with van der Waals surface area (Å²) in [5.74, 6) is 0.507. The fourth-order valence-corrected chi connectivity index (χ4v) is 5.09. The van der Waals surface area contributed by atoms with E-state index in [1.54, 1.807) is 10.4 Å². The van der Waals surface area contributed by atoms with Crippen molar-refractivity contribution in [1.29, 1.82) is 0 Å². The van der Waals surface area contributed by atoms with Crippen LogP contribution >= 0.6 is 11.3 Å². The maximum absolute atomic E-state index is 12.7. The molecule has 0 saturated heterocycles. The van der Waals surface area contributed by atoms with Crippen molar-refractivity contribution in [3.8, 4) is 0 Å². The molecule has 0 radical (unpaired) electrons. The molecular formula is C13H22N2O2S2. The van der Waals surface area contributed by atoms with Crippen LogP contribution in [-0.2, 0) is 16.6 Å². The summed E-state index contributed by atoms with van der Waals surface area (Å²) in [4.78, 5) is 1.17. The van der Waals surface area contributed by atoms with Gasteiger partial charge < -0.3 is 5.73 Å². The van der Waals surface area contributed by atoms with Gasteiger partial charge in [0.1, 0.15) is 0 Å². The molecule has 2 N–H and O–H groups in total. The number of nitrogens with two attached hydrogens (primary N) is 1. The lowest BCUT2D eigenvalue weighted by Gasteiger charge is -2.22. The Morgan fingerprint density at radius 1 is 1.47 bits per heavy atom. The number of sulfonamides is 1. The van der Waals surface area contributed by atoms with Crippen LogP contribution in [0.1, 0.15) is 38.0 Å². The summed E-state index contributed by atoms with van der Waals surface area (Å²) in [5.41, 5.74) is 5.63. The largest absolute Gasteiger partial charge is 0.326 e. The van der Waals surface area contributed by atoms with Crippen molar-refractivity contribution in [2.75, 3.05) is 6.54 Å². The molecule has 4 nitrogen and oxygen atoms in total. The van der Waals surface area contributed by atoms with Crippen LogP contribution in [0.25, 0.3) is 0 Å². The first-order valence-corrected chi connectivity index (χ1v) is 9.07. The lowest BCUT2D eigenvalue weighted by Crippen LogP contribution is -2.35. The summed E-state index contributed by atoms with van der Waals surface area (Å²) in [6.07, 6.45) is 2.87. The molecule has 19 heavy (non-hydrogen) atoms. The number of rotatable bonds is 7. The Labute approximate surface area is 119 Å². The van der Waals surface area contributed by atoms with Gasteiger partial charge in [0.15, 0.2) is 0 Å². The molecule has 2 rings (SSSR count). The number of hydrogen-bond acceptors (Lipinski definition) is 4. The molecule has 1 fully saturated rings. The van der Waals surface area contributed by atoms with Crippen LogP contribution in [0.2, 0.25) is 0 Å². The highest BCUT2D eigenvalue weighted by Gasteiger charge is 2.38. The Morgan fingerprint density at radius 3 is 2.68 bits per heavy atom. The molecule has 108 valence electrons. The third-order valence-electron chi connectivity index (χ3n) is 3.36. The van der Waals surface area contributed by atoms with Crippen LogP contribution < -0.4 is 5.73 Å². The predicted octanol–water partition coefficient (Wildman–Crippen LogP) is 2.41. The Hall–Kier alpha value is -0.430. The lowest BCUT2D eigenvalue weighted by molar-refractivity contribution is 0.373. The molecule has 1 aromatic heterocycles. The molecule has 6 heteroatoms. The van der Waals surface area contributed by atoms with Crippen molar-refractivity contribution in [2.24, 2.45) is 11.7 Å². The zero-order valence-electron chi connectivity index (χ0n) is 11.5. The monoisotopic (exact) mass is 302 g/mol. The Balaban J connectivity index is 2.24. The molecule has 0 aromatic carbocycles. The van der Waals surface area contributed by atoms with Crippen LogP contribution in [0.15, 0.2) is 16.3 Å². The quantitative estimate of drug-likeness (QED) is 0.841. The number of thiophene rings is 1. The molecule has 0 spiro atoms. The second kappa shape index (κ2) is 5.91. The van der Waals surface area contributed by atoms with Crippen molar-refractivity contribution >= 4 is 21.4 Å². The normalized spacial score (nSPS) is 16.5. The average Bonchev–Trinajstić information content (AvgIpc) is 3.04. The van der Waals surface area contributed by atoms with Gasteiger partial charge in [-0.3, -0.25) is 0 Å². The molecule has 1 saturated carbocycles. The van der Waals surface area contributed by atoms with E-state index in [2.05, 4.69) is 13.8 Å². The van der Waals surface area contributed by atoms with E-state index in [9.17, 15) is 8.42 Å². The zero-order valence-corrected chi connectivity index (χ0v) is 13.1. The first kappa shape index (κ1) is 15.0. The van der Waals surface area contributed by atoms with E-state index in [1.807, 2.05) is 5.38 Å². The highest BCUT2D eigenvalue weighted by molar-refractivity contribution is 7.89. The molecule has 0 aliphatic heterocycles. The molecule has 1 aromatic rings. The smallest absolute Gasteiger partial charge is 0.244 e. The second-order valence-corrected chi connectivity index (χ2v) is 8.30. The van der Waals surface area contributed by atoms with E-state index >= 15 is 0 Å². The fraction of sp³-hybridized carbons (Fsp3) is 0.692. The van der Waals surface area contributed by atoms with Gasteiger partial charge >= 0.3 is 0 Å². The number of hydrogen-bond donors (Lipinski definition) is 1. The summed E-state index contributed by atoms with van der Waals surface area (Å²) >= 11 is 1.42. The van der Waals surface area contributed by atoms with E-state index < -0.39 is 10.0 Å². The van der Waals surface area contributed by atoms with Gasteiger partial charge in [-0.15, -0.1) is 11.3 Å². The Bertz CT molecular complexity index is 519. The standard InChI is InChI=1S/C13H22N2O2S2/c1-10(2)5-7-15(11-3-4-11)19(16,17)13-6-8-18-12(13)9-14/h6,8,10-11H,3-5,7,9,14H2,1-2H3. The average molecular weight is 302 g/mol. The van der Waals surface area contributed by atoms with Crippen molar-refractivity contribution in [3.63, 3.8) is 0 Å². The van der Waals surface area contributed by atoms with Gasteiger partial charge in [0.2, 0.25) is 10.0 Å². The molecular weight excluding hydrogens is 280 g/mol. The van der Waals surface area contributed by atoms with Crippen LogP contribution in [0, 0.1) is 5.92 Å². The van der Waals surface area contributed by atoms with Crippen molar-refractivity contribution in [2.45, 2.75) is 50.6 Å². The van der Waals surface area contributed by atoms with E-state index in [-0.39, 0.29) is 12.6 Å². The van der Waals surface area contributed by atoms with E-state index in [4.69, 9.17) is 5.73 Å². The van der Waals surface area contributed by atoms with E-state index in [0.717, 1.165) is 24.1 Å². The predicted molar refractivity (Wildman–Crippen MR) is 78.6 cm³/mol. The molecule has 0 atom stereocenters. The number of nitrogens with zero attached hydrogens (tertiary/aromatic N) is 1. The van der Waals surface area contributed by atoms with Gasteiger partial charge in [-0.25, -0.2) is 8.42 Å². The lowest BCUT2D eigenvalue weighted by atomic mass is 10.1. The minimum absolute atomic E-state index is 0.203. The van der Waals surface area contributed by atoms with Crippen LogP contribution in [0.3, 0.4) is 0 Å². The zero-order chi connectivity index (χ0) is 14.0. The van der Waals surface area contributed by atoms with Crippen molar-refractivity contribution in [1.82, 2.24) is 4.31 Å². The fourth-order valence-electron chi connectivity index (χ4n) is 2.08. The van der Waals surface area contributed by atoms with Gasteiger partial charge in [-0.2, -0.15) is 4.31 Å². The third-order valence-corrected chi connectivity index (χ3v) is 6.47. The summed E-state index contributed by atoms with van der Waals surface area (Å²) < 4.78 is 27.2. The van der Waals surface area contributed by atoms with E-state index in [0.29, 0.717) is 17.4 Å². The van der Waals surface area contributed by atoms with Crippen LogP contribution in [-0.4, -0.2) is 25.3 Å². The SMILES string of the molecule is CC(C)CCN(C1CC1)S(=O)(=O)c1ccsc1CN. The minimum Gasteiger partial charge on any atom is -0.326 e. The second-order valence-electron chi connectivity index (χ2n) is 5.44. The Kier molecular flexibility index (Phi) is 4.66. The van der Waals surface area contributed by atoms with Crippen LogP contribution in [0.5, 0.6) is 0 Å². The van der Waals surface area contributed by atoms with Crippen molar-refractivity contribution in [3.05, 3.63) is 16.3 Å². The third kappa shape index (κ3) is 3.37. The maximum Gasteiger partial charge on any atom is 0.244 e. The maximum atomic E-state index is 12.7. The van der Waals surface area contributed by atoms with Gasteiger partial charge in [0.25, 0.3) is 0 Å². The highest BCUT2D eigenvalue weighted by atomic mass is 32.2. The minimum atomic E-state index is -3.37. The van der Waals surface area contributed by atoms with Gasteiger partial charge in [0.05, 0.1) is 4.90 Å². The molecule has 1 heterocycles.